The van der Waals surface area contributed by atoms with Gasteiger partial charge >= 0.3 is 6.09 Å². The van der Waals surface area contributed by atoms with Crippen molar-refractivity contribution in [3.8, 4) is 46.7 Å². The molecule has 128 heavy (non-hydrogen) atoms. The number of benzene rings is 2. The van der Waals surface area contributed by atoms with Gasteiger partial charge in [0.25, 0.3) is 11.8 Å². The third-order valence-corrected chi connectivity index (χ3v) is 28.2. The number of aliphatic hydroxyl groups is 5. The van der Waals surface area contributed by atoms with Crippen LogP contribution in [0.4, 0.5) is 4.79 Å². The summed E-state index contributed by atoms with van der Waals surface area (Å²) in [5, 5.41) is 73.8. The van der Waals surface area contributed by atoms with Crippen molar-refractivity contribution in [3.05, 3.63) is 91.7 Å². The first kappa shape index (κ1) is 104. The second-order valence-corrected chi connectivity index (χ2v) is 37.2. The summed E-state index contributed by atoms with van der Waals surface area (Å²) in [6, 6.07) is 5.58. The van der Waals surface area contributed by atoms with Crippen molar-refractivity contribution in [2.75, 3.05) is 100 Å². The number of likely N-dealkylation sites (N-methyl/N-ethyl adjacent to an activating group) is 1. The number of allylic oxidation sites excluding steroid dienone is 3. The van der Waals surface area contributed by atoms with Gasteiger partial charge in [0.15, 0.2) is 41.8 Å². The molecule has 5 aliphatic heterocycles. The molecule has 0 aromatic heterocycles. The van der Waals surface area contributed by atoms with E-state index in [2.05, 4.69) is 55.6 Å². The Bertz CT molecular complexity index is 4430. The van der Waals surface area contributed by atoms with Gasteiger partial charge in [-0.3, -0.25) is 48.6 Å². The lowest BCUT2D eigenvalue weighted by atomic mass is 9.75. The number of unbranched alkanes of at least 4 members (excludes halogenated alkanes) is 3. The van der Waals surface area contributed by atoms with Crippen LogP contribution >= 0.6 is 55.9 Å². The van der Waals surface area contributed by atoms with Crippen LogP contribution in [-0.2, 0) is 81.1 Å². The second-order valence-electron chi connectivity index (χ2n) is 31.9. The molecule has 4 saturated heterocycles. The van der Waals surface area contributed by atoms with Gasteiger partial charge in [0.1, 0.15) is 49.0 Å². The molecule has 0 spiro atoms. The number of aliphatic hydroxyl groups excluding tert-OH is 4. The fraction of sp³-hybridized carbons (Fsp3) is 0.625. The number of oxime groups is 1. The Morgan fingerprint density at radius 3 is 2.16 bits per heavy atom. The lowest BCUT2D eigenvalue weighted by Crippen LogP contribution is -2.65. The number of nitrogens with one attached hydrogen (secondary N) is 5. The largest absolute Gasteiger partial charge is 0.494 e. The number of ketones is 1. The van der Waals surface area contributed by atoms with Gasteiger partial charge in [-0.15, -0.1) is 0 Å². The van der Waals surface area contributed by atoms with E-state index in [1.54, 1.807) is 45.6 Å². The zero-order valence-corrected chi connectivity index (χ0v) is 79.1. The van der Waals surface area contributed by atoms with Crippen LogP contribution in [0, 0.1) is 34.2 Å². The summed E-state index contributed by atoms with van der Waals surface area (Å²) in [7, 11) is 9.47. The summed E-state index contributed by atoms with van der Waals surface area (Å²) in [6.07, 6.45) is -8.22. The minimum atomic E-state index is -2.22. The molecule has 19 atom stereocenters. The molecule has 6 amide bonds. The minimum Gasteiger partial charge on any atom is -0.494 e. The van der Waals surface area contributed by atoms with E-state index >= 15 is 0 Å². The van der Waals surface area contributed by atoms with E-state index in [4.69, 9.17) is 71.3 Å². The molecule has 10 N–H and O–H groups in total. The van der Waals surface area contributed by atoms with Crippen LogP contribution in [0.5, 0.6) is 23.0 Å². The lowest BCUT2D eigenvalue weighted by molar-refractivity contribution is -0.337. The van der Waals surface area contributed by atoms with Gasteiger partial charge in [-0.1, -0.05) is 81.1 Å². The Kier molecular flexibility index (Phi) is 41.0. The van der Waals surface area contributed by atoms with Crippen LogP contribution in [-0.4, -0.2) is 308 Å². The Hall–Kier alpha value is -7.51. The maximum absolute atomic E-state index is 14.6. The average Bonchev–Trinajstić information content (AvgIpc) is 0.931. The topological polar surface area (TPSA) is 455 Å². The summed E-state index contributed by atoms with van der Waals surface area (Å²) in [4.78, 5) is 119. The highest BCUT2D eigenvalue weighted by Gasteiger charge is 2.53. The number of imide groups is 1. The molecule has 706 valence electrons. The number of hydrogen-bond donors (Lipinski definition) is 10. The number of nitrogens with zero attached hydrogens (tertiary/aromatic N) is 3. The van der Waals surface area contributed by atoms with Crippen molar-refractivity contribution in [1.29, 1.82) is 0 Å². The van der Waals surface area contributed by atoms with E-state index in [1.165, 1.54) is 86.2 Å². The smallest absolute Gasteiger partial charge is 0.411 e. The van der Waals surface area contributed by atoms with E-state index in [0.29, 0.717) is 72.6 Å². The number of carbonyl (C=O) groups excluding carboxylic acids is 8. The third kappa shape index (κ3) is 28.3. The number of methoxy groups -OCH3 is 5. The number of amides is 6. The highest BCUT2D eigenvalue weighted by molar-refractivity contribution is 14.1. The molecule has 36 nitrogen and oxygen atoms in total. The number of alkyl carbamates (subject to hydrolysis) is 1. The molecule has 2 bridgehead atoms. The first-order chi connectivity index (χ1) is 61.2. The van der Waals surface area contributed by atoms with Gasteiger partial charge < -0.3 is 113 Å². The molecule has 2 aromatic carbocycles. The zero-order chi connectivity index (χ0) is 93.1. The van der Waals surface area contributed by atoms with Crippen molar-refractivity contribution < 1.29 is 135 Å². The van der Waals surface area contributed by atoms with Gasteiger partial charge in [0, 0.05) is 107 Å². The quantitative estimate of drug-likeness (QED) is 0.00729. The summed E-state index contributed by atoms with van der Waals surface area (Å²) in [6.45, 7) is 18.8. The molecular formula is C88H121IN8O28S3. The van der Waals surface area contributed by atoms with Crippen LogP contribution in [0.2, 0.25) is 0 Å². The van der Waals surface area contributed by atoms with Crippen LogP contribution in [0.1, 0.15) is 148 Å². The maximum atomic E-state index is 14.6. The number of Topliss-reactive ketones (excluding diaryl/α,β-unsaturated/α-hetero) is 1. The molecule has 0 saturated carbocycles. The van der Waals surface area contributed by atoms with Crippen molar-refractivity contribution in [1.82, 2.24) is 36.5 Å². The first-order valence-corrected chi connectivity index (χ1v) is 46.9. The molecule has 7 aliphatic rings. The van der Waals surface area contributed by atoms with Crippen molar-refractivity contribution in [2.45, 2.75) is 253 Å². The summed E-state index contributed by atoms with van der Waals surface area (Å²) in [5.41, 5.74) is 2.15. The molecule has 2 aromatic rings. The fourth-order valence-electron chi connectivity index (χ4n) is 15.3. The minimum absolute atomic E-state index is 0.00499. The number of thioether (sulfide) groups is 1. The molecule has 40 heteroatoms. The maximum Gasteiger partial charge on any atom is 0.411 e. The van der Waals surface area contributed by atoms with E-state index in [9.17, 15) is 63.9 Å². The van der Waals surface area contributed by atoms with E-state index in [1.807, 2.05) is 67.6 Å². The number of ether oxygens (including phenoxy) is 13. The normalized spacial score (nSPS) is 28.2. The number of rotatable bonds is 45. The van der Waals surface area contributed by atoms with Crippen LogP contribution in [0.3, 0.4) is 0 Å². The van der Waals surface area contributed by atoms with Gasteiger partial charge in [-0.05, 0) is 158 Å². The highest BCUT2D eigenvalue weighted by Crippen LogP contribution is 2.50. The number of halogens is 1. The molecule has 0 unspecified atom stereocenters. The van der Waals surface area contributed by atoms with E-state index in [0.717, 1.165) is 56.7 Å². The van der Waals surface area contributed by atoms with Gasteiger partial charge in [0.2, 0.25) is 34.9 Å². The monoisotopic (exact) mass is 1960 g/mol. The Morgan fingerprint density at radius 2 is 1.48 bits per heavy atom. The number of hydrogen-bond acceptors (Lipinski definition) is 34. The standard InChI is InChI=1S/C88H121IN8O28S3/c1-15-96(54(7)98)58-48-117-67(46-62(58)111-10)123-80-75(106)72(95-125-68-45-59(99)82(53(6)119-68)127-83(108)69-49(2)71(89)78(81(114-13)77(69)112-11)124-84-76(107)79(113-12)74(105)52(5)121-84)51(4)120-85(80)122-61-25-20-16-17-21-35-88(110)47-60(100)73(93-86(109)115-14)70(61)57(88)34-44-126-128-87(8,9)36-33-64(102)92-40-43-118-94-50(3)55-27-29-56(30-28-55)116-42-24-26-63(101)91-39-38-90-37-22-18-19-23-41-97-65(103)31-32-66(97)104/h16-17,27-32,34,51-53,58-59,61-62,67-68,72,74-76,79-80,82,84-85,90,95,99,105-107,110H,15,18-19,22-24,26,33,36-48H2,1-14H3,(H,91,101)(H,92,102)(H,93,109)/b17-16-,57-34+,94-50-/t51-,52+,53-,58+,59+,61+,62+,67+,68+,72-,74+,75-,76-,79-,80-,82-,84+,85+,88+/m1/s1. The predicted octanol–water partition coefficient (Wildman–Crippen LogP) is 5.64. The zero-order valence-electron chi connectivity index (χ0n) is 74.5. The highest BCUT2D eigenvalue weighted by atomic mass is 127. The number of fused-ring (bicyclic) bond motifs is 2. The molecule has 0 radical (unpaired) electrons. The number of hydroxylamine groups is 1. The molecule has 5 heterocycles. The van der Waals surface area contributed by atoms with Crippen molar-refractivity contribution in [3.63, 3.8) is 0 Å². The molecule has 9 rings (SSSR count). The van der Waals surface area contributed by atoms with Gasteiger partial charge in [0.05, 0.1) is 116 Å². The Balaban J connectivity index is 0.801. The van der Waals surface area contributed by atoms with E-state index < -0.39 is 143 Å². The first-order valence-electron chi connectivity index (χ1n) is 42.6. The molecular weight excluding hydrogens is 1840 g/mol. The van der Waals surface area contributed by atoms with Crippen LogP contribution in [0.15, 0.2) is 76.6 Å². The SMILES string of the molecule is CCN(C(C)=O)[C@H]1CO[C@@H](O[C@H]2[C@H](O[C@H]3C#C/C=C\C#C[C@]4(O)CC(=O)C(NC(=O)OC)=C3/C4=C\CSSC(C)(C)CCC(=O)NCCO/N=C(/C)c3ccc(OCCCC(=O)NCCNCCCCCCN4C(=O)C=CC4=O)cc3)O[C@H](C)[C@@H](NO[C@H]3C[C@H](O)[C@H](SC(=O)c4c(C)c(I)c(O[C@@H]5O[C@@H](C)[C@H](O)[C@@H](OC)[C@H]5O)c(OC)c4OC)[C@@H](C)O3)[C@H]2O)C[C@@H]1OC. The summed E-state index contributed by atoms with van der Waals surface area (Å²) < 4.78 is 78.8. The lowest BCUT2D eigenvalue weighted by Gasteiger charge is -2.47. The van der Waals surface area contributed by atoms with Crippen LogP contribution < -0.4 is 45.7 Å². The number of carbonyl (C=O) groups is 8. The van der Waals surface area contributed by atoms with E-state index in [-0.39, 0.29) is 114 Å². The fourth-order valence-corrected chi connectivity index (χ4v) is 19.5. The Morgan fingerprint density at radius 1 is 0.773 bits per heavy atom. The second kappa shape index (κ2) is 50.4. The molecule has 4 fully saturated rings. The van der Waals surface area contributed by atoms with Crippen molar-refractivity contribution in [2.24, 2.45) is 5.16 Å². The van der Waals surface area contributed by atoms with Gasteiger partial charge in [-0.2, -0.15) is 5.48 Å². The predicted molar refractivity (Wildman–Crippen MR) is 481 cm³/mol. The van der Waals surface area contributed by atoms with Crippen molar-refractivity contribution >= 4 is 108 Å². The van der Waals surface area contributed by atoms with Crippen LogP contribution in [0.25, 0.3) is 0 Å². The summed E-state index contributed by atoms with van der Waals surface area (Å²) >= 11 is 2.78. The average molecular weight is 1960 g/mol. The third-order valence-electron chi connectivity index (χ3n) is 22.4. The Labute approximate surface area is 771 Å². The summed E-state index contributed by atoms with van der Waals surface area (Å²) in [5.74, 6) is 10.7. The molecule has 2 aliphatic carbocycles. The van der Waals surface area contributed by atoms with Gasteiger partial charge in [-0.25, -0.2) is 4.79 Å².